The first kappa shape index (κ1) is 12.1. The molecule has 15 heavy (non-hydrogen) atoms. The maximum Gasteiger partial charge on any atom is 0.164 e. The standard InChI is InChI=1S/C10H13ClFNO2/c1-5(4-13)8-9(12)6(11)3-7(15-2)10(8)14/h3,5,14H,4,13H2,1-2H3. The molecule has 1 aromatic carbocycles. The molecule has 0 aliphatic heterocycles. The van der Waals surface area contributed by atoms with Crippen LogP contribution in [-0.2, 0) is 0 Å². The molecule has 0 fully saturated rings. The molecule has 0 saturated heterocycles. The van der Waals surface area contributed by atoms with Crippen LogP contribution < -0.4 is 10.5 Å². The van der Waals surface area contributed by atoms with Crippen molar-refractivity contribution in [3.05, 3.63) is 22.5 Å². The van der Waals surface area contributed by atoms with E-state index in [4.69, 9.17) is 22.1 Å². The van der Waals surface area contributed by atoms with E-state index < -0.39 is 5.82 Å². The molecule has 0 aromatic heterocycles. The highest BCUT2D eigenvalue weighted by Gasteiger charge is 2.21. The summed E-state index contributed by atoms with van der Waals surface area (Å²) in [6, 6.07) is 1.24. The van der Waals surface area contributed by atoms with Crippen LogP contribution in [0.4, 0.5) is 4.39 Å². The van der Waals surface area contributed by atoms with Gasteiger partial charge in [0.1, 0.15) is 5.82 Å². The Morgan fingerprint density at radius 3 is 2.73 bits per heavy atom. The van der Waals surface area contributed by atoms with Gasteiger partial charge in [-0.3, -0.25) is 0 Å². The van der Waals surface area contributed by atoms with Crippen LogP contribution in [-0.4, -0.2) is 18.8 Å². The Morgan fingerprint density at radius 2 is 2.27 bits per heavy atom. The zero-order valence-corrected chi connectivity index (χ0v) is 9.31. The van der Waals surface area contributed by atoms with Crippen molar-refractivity contribution in [1.29, 1.82) is 0 Å². The number of nitrogens with two attached hydrogens (primary N) is 1. The molecule has 0 aliphatic carbocycles. The second-order valence-electron chi connectivity index (χ2n) is 3.27. The monoisotopic (exact) mass is 233 g/mol. The molecule has 0 aliphatic rings. The van der Waals surface area contributed by atoms with Crippen LogP contribution in [0.25, 0.3) is 0 Å². The molecule has 0 saturated carbocycles. The van der Waals surface area contributed by atoms with Gasteiger partial charge in [-0.25, -0.2) is 4.39 Å². The zero-order chi connectivity index (χ0) is 11.6. The van der Waals surface area contributed by atoms with E-state index in [0.29, 0.717) is 0 Å². The van der Waals surface area contributed by atoms with Gasteiger partial charge in [0, 0.05) is 17.5 Å². The highest BCUT2D eigenvalue weighted by molar-refractivity contribution is 6.31. The van der Waals surface area contributed by atoms with E-state index in [2.05, 4.69) is 0 Å². The van der Waals surface area contributed by atoms with E-state index in [-0.39, 0.29) is 34.5 Å². The highest BCUT2D eigenvalue weighted by atomic mass is 35.5. The molecule has 0 amide bonds. The van der Waals surface area contributed by atoms with E-state index in [9.17, 15) is 9.50 Å². The third-order valence-electron chi connectivity index (χ3n) is 2.26. The van der Waals surface area contributed by atoms with Gasteiger partial charge in [0.2, 0.25) is 0 Å². The van der Waals surface area contributed by atoms with Crippen LogP contribution in [0.3, 0.4) is 0 Å². The summed E-state index contributed by atoms with van der Waals surface area (Å²) in [5.41, 5.74) is 5.52. The quantitative estimate of drug-likeness (QED) is 0.842. The van der Waals surface area contributed by atoms with E-state index in [1.165, 1.54) is 13.2 Å². The first-order valence-electron chi connectivity index (χ1n) is 4.47. The summed E-state index contributed by atoms with van der Waals surface area (Å²) >= 11 is 5.66. The minimum Gasteiger partial charge on any atom is -0.504 e. The maximum atomic E-state index is 13.6. The summed E-state index contributed by atoms with van der Waals surface area (Å²) in [5, 5.41) is 9.63. The number of hydrogen-bond donors (Lipinski definition) is 2. The Bertz CT molecular complexity index is 371. The van der Waals surface area contributed by atoms with Crippen molar-refractivity contribution in [2.45, 2.75) is 12.8 Å². The first-order chi connectivity index (χ1) is 7.02. The van der Waals surface area contributed by atoms with E-state index in [0.717, 1.165) is 0 Å². The lowest BCUT2D eigenvalue weighted by atomic mass is 9.99. The van der Waals surface area contributed by atoms with Gasteiger partial charge in [-0.1, -0.05) is 18.5 Å². The van der Waals surface area contributed by atoms with Crippen molar-refractivity contribution >= 4 is 11.6 Å². The molecule has 0 radical (unpaired) electrons. The van der Waals surface area contributed by atoms with Crippen LogP contribution in [0.1, 0.15) is 18.4 Å². The number of rotatable bonds is 3. The lowest BCUT2D eigenvalue weighted by Crippen LogP contribution is -2.11. The van der Waals surface area contributed by atoms with E-state index in [1.54, 1.807) is 6.92 Å². The molecule has 3 N–H and O–H groups in total. The molecule has 0 bridgehead atoms. The number of hydrogen-bond acceptors (Lipinski definition) is 3. The molecule has 0 spiro atoms. The number of aromatic hydroxyl groups is 1. The fourth-order valence-electron chi connectivity index (χ4n) is 1.34. The second-order valence-corrected chi connectivity index (χ2v) is 3.68. The van der Waals surface area contributed by atoms with Gasteiger partial charge >= 0.3 is 0 Å². The van der Waals surface area contributed by atoms with Crippen molar-refractivity contribution in [2.75, 3.05) is 13.7 Å². The average molecular weight is 234 g/mol. The van der Waals surface area contributed by atoms with E-state index in [1.807, 2.05) is 0 Å². The van der Waals surface area contributed by atoms with Gasteiger partial charge in [0.05, 0.1) is 12.1 Å². The molecule has 0 heterocycles. The number of ether oxygens (including phenoxy) is 1. The van der Waals surface area contributed by atoms with Gasteiger partial charge in [0.25, 0.3) is 0 Å². The van der Waals surface area contributed by atoms with Crippen LogP contribution in [0, 0.1) is 5.82 Å². The lowest BCUT2D eigenvalue weighted by molar-refractivity contribution is 0.365. The number of benzene rings is 1. The minimum absolute atomic E-state index is 0.0834. The molecule has 84 valence electrons. The number of halogens is 2. The van der Waals surface area contributed by atoms with Crippen molar-refractivity contribution in [3.63, 3.8) is 0 Å². The van der Waals surface area contributed by atoms with Gasteiger partial charge in [0.15, 0.2) is 11.5 Å². The highest BCUT2D eigenvalue weighted by Crippen LogP contribution is 2.39. The molecular formula is C10H13ClFNO2. The van der Waals surface area contributed by atoms with Gasteiger partial charge in [-0.05, 0) is 6.54 Å². The predicted octanol–water partition coefficient (Wildman–Crippen LogP) is 2.26. The predicted molar refractivity (Wildman–Crippen MR) is 57.1 cm³/mol. The van der Waals surface area contributed by atoms with Crippen molar-refractivity contribution < 1.29 is 14.2 Å². The van der Waals surface area contributed by atoms with E-state index >= 15 is 0 Å². The van der Waals surface area contributed by atoms with Crippen molar-refractivity contribution in [3.8, 4) is 11.5 Å². The molecule has 3 nitrogen and oxygen atoms in total. The molecule has 5 heteroatoms. The van der Waals surface area contributed by atoms with Crippen molar-refractivity contribution in [2.24, 2.45) is 5.73 Å². The van der Waals surface area contributed by atoms with Crippen LogP contribution in [0.15, 0.2) is 6.07 Å². The molecule has 1 unspecified atom stereocenters. The fraction of sp³-hybridized carbons (Fsp3) is 0.400. The summed E-state index contributed by atoms with van der Waals surface area (Å²) in [7, 11) is 1.38. The van der Waals surface area contributed by atoms with Crippen molar-refractivity contribution in [1.82, 2.24) is 0 Å². The number of methoxy groups -OCH3 is 1. The summed E-state index contributed by atoms with van der Waals surface area (Å²) in [4.78, 5) is 0. The molecular weight excluding hydrogens is 221 g/mol. The third-order valence-corrected chi connectivity index (χ3v) is 2.53. The topological polar surface area (TPSA) is 55.5 Å². The zero-order valence-electron chi connectivity index (χ0n) is 8.55. The molecule has 1 rings (SSSR count). The summed E-state index contributed by atoms with van der Waals surface area (Å²) in [6.07, 6.45) is 0. The Morgan fingerprint density at radius 1 is 1.67 bits per heavy atom. The largest absolute Gasteiger partial charge is 0.504 e. The minimum atomic E-state index is -0.645. The first-order valence-corrected chi connectivity index (χ1v) is 4.85. The Kier molecular flexibility index (Phi) is 3.77. The number of phenolic OH excluding ortho intramolecular Hbond substituents is 1. The number of phenols is 1. The second kappa shape index (κ2) is 4.68. The molecule has 1 atom stereocenters. The summed E-state index contributed by atoms with van der Waals surface area (Å²) in [5.74, 6) is -1.06. The Labute approximate surface area is 92.6 Å². The normalized spacial score (nSPS) is 12.6. The lowest BCUT2D eigenvalue weighted by Gasteiger charge is -2.15. The summed E-state index contributed by atoms with van der Waals surface area (Å²) < 4.78 is 18.5. The summed E-state index contributed by atoms with van der Waals surface area (Å²) in [6.45, 7) is 1.92. The SMILES string of the molecule is COc1cc(Cl)c(F)c(C(C)CN)c1O. The average Bonchev–Trinajstić information content (AvgIpc) is 2.23. The van der Waals surface area contributed by atoms with Gasteiger partial charge < -0.3 is 15.6 Å². The van der Waals surface area contributed by atoms with Crippen LogP contribution in [0.2, 0.25) is 5.02 Å². The van der Waals surface area contributed by atoms with Crippen LogP contribution in [0.5, 0.6) is 11.5 Å². The molecule has 1 aromatic rings. The smallest absolute Gasteiger partial charge is 0.164 e. The Balaban J connectivity index is 3.40. The Hall–Kier alpha value is -1.00. The fourth-order valence-corrected chi connectivity index (χ4v) is 1.54. The van der Waals surface area contributed by atoms with Crippen LogP contribution >= 0.6 is 11.6 Å². The third kappa shape index (κ3) is 2.16. The van der Waals surface area contributed by atoms with Gasteiger partial charge in [-0.15, -0.1) is 0 Å². The maximum absolute atomic E-state index is 13.6. The van der Waals surface area contributed by atoms with Gasteiger partial charge in [-0.2, -0.15) is 0 Å².